The monoisotopic (exact) mass is 295 g/mol. The number of carbonyl (C=O) groups is 1. The Morgan fingerprint density at radius 2 is 1.77 bits per heavy atom. The van der Waals surface area contributed by atoms with Gasteiger partial charge in [0.25, 0.3) is 5.91 Å². The van der Waals surface area contributed by atoms with E-state index in [9.17, 15) is 9.18 Å². The van der Waals surface area contributed by atoms with Crippen molar-refractivity contribution in [2.75, 3.05) is 5.32 Å². The number of nitrogens with one attached hydrogen (secondary N) is 1. The molecule has 0 saturated carbocycles. The van der Waals surface area contributed by atoms with Gasteiger partial charge in [0.05, 0.1) is 11.9 Å². The van der Waals surface area contributed by atoms with Crippen LogP contribution in [-0.2, 0) is 7.05 Å². The fourth-order valence-corrected chi connectivity index (χ4v) is 2.18. The van der Waals surface area contributed by atoms with E-state index in [0.717, 1.165) is 11.3 Å². The number of amides is 1. The van der Waals surface area contributed by atoms with Crippen LogP contribution in [0, 0.1) is 5.82 Å². The lowest BCUT2D eigenvalue weighted by Gasteiger charge is -2.07. The number of halogens is 1. The van der Waals surface area contributed by atoms with E-state index in [4.69, 9.17) is 0 Å². The number of carbonyl (C=O) groups excluding carboxylic acids is 1. The Kier molecular flexibility index (Phi) is 3.70. The number of nitrogens with zero attached hydrogens (tertiary/aromatic N) is 2. The lowest BCUT2D eigenvalue weighted by Crippen LogP contribution is -2.15. The first-order valence-corrected chi connectivity index (χ1v) is 6.79. The molecule has 1 heterocycles. The summed E-state index contributed by atoms with van der Waals surface area (Å²) in [4.78, 5) is 16.4. The number of rotatable bonds is 3. The van der Waals surface area contributed by atoms with Gasteiger partial charge in [0.1, 0.15) is 5.82 Å². The summed E-state index contributed by atoms with van der Waals surface area (Å²) in [6, 6.07) is 15.1. The molecule has 1 amide bonds. The van der Waals surface area contributed by atoms with E-state index in [0.29, 0.717) is 11.5 Å². The van der Waals surface area contributed by atoms with Crippen molar-refractivity contribution in [2.45, 2.75) is 0 Å². The summed E-state index contributed by atoms with van der Waals surface area (Å²) >= 11 is 0. The summed E-state index contributed by atoms with van der Waals surface area (Å²) in [6.07, 6.45) is 1.65. The quantitative estimate of drug-likeness (QED) is 0.804. The number of hydrogen-bond acceptors (Lipinski definition) is 2. The molecule has 2 aromatic carbocycles. The maximum absolute atomic E-state index is 13.0. The lowest BCUT2D eigenvalue weighted by atomic mass is 10.2. The smallest absolute Gasteiger partial charge is 0.257 e. The molecule has 22 heavy (non-hydrogen) atoms. The molecule has 0 aliphatic heterocycles. The number of aromatic nitrogens is 2. The van der Waals surface area contributed by atoms with E-state index in [1.807, 2.05) is 6.07 Å². The molecule has 1 N–H and O–H groups in total. The van der Waals surface area contributed by atoms with Crippen molar-refractivity contribution in [3.05, 3.63) is 72.2 Å². The van der Waals surface area contributed by atoms with Gasteiger partial charge in [-0.05, 0) is 36.4 Å². The third kappa shape index (κ3) is 2.74. The summed E-state index contributed by atoms with van der Waals surface area (Å²) in [5, 5.41) is 2.77. The number of benzene rings is 2. The van der Waals surface area contributed by atoms with Gasteiger partial charge in [-0.15, -0.1) is 0 Å². The van der Waals surface area contributed by atoms with Gasteiger partial charge in [-0.2, -0.15) is 0 Å². The molecule has 110 valence electrons. The molecule has 1 aromatic heterocycles. The Labute approximate surface area is 127 Å². The Bertz CT molecular complexity index is 795. The fourth-order valence-electron chi connectivity index (χ4n) is 2.18. The predicted octanol–water partition coefficient (Wildman–Crippen LogP) is 3.48. The molecule has 0 atom stereocenters. The van der Waals surface area contributed by atoms with Gasteiger partial charge in [-0.1, -0.05) is 18.2 Å². The molecule has 0 saturated heterocycles. The zero-order chi connectivity index (χ0) is 15.5. The minimum absolute atomic E-state index is 0.222. The van der Waals surface area contributed by atoms with Gasteiger partial charge in [0.15, 0.2) is 0 Å². The van der Waals surface area contributed by atoms with Crippen LogP contribution >= 0.6 is 0 Å². The van der Waals surface area contributed by atoms with Crippen LogP contribution in [0.25, 0.3) is 11.3 Å². The van der Waals surface area contributed by atoms with E-state index in [1.54, 1.807) is 54.2 Å². The lowest BCUT2D eigenvalue weighted by molar-refractivity contribution is 0.102. The Morgan fingerprint density at radius 3 is 2.45 bits per heavy atom. The molecule has 3 aromatic rings. The topological polar surface area (TPSA) is 46.9 Å². The zero-order valence-electron chi connectivity index (χ0n) is 12.0. The second-order valence-corrected chi connectivity index (χ2v) is 4.85. The van der Waals surface area contributed by atoms with Crippen LogP contribution in [0.2, 0.25) is 0 Å². The van der Waals surface area contributed by atoms with Crippen molar-refractivity contribution < 1.29 is 9.18 Å². The van der Waals surface area contributed by atoms with Gasteiger partial charge in [0.2, 0.25) is 5.95 Å². The summed E-state index contributed by atoms with van der Waals surface area (Å²) in [5.74, 6) is -0.0725. The van der Waals surface area contributed by atoms with Crippen molar-refractivity contribution in [3.63, 3.8) is 0 Å². The molecule has 0 unspecified atom stereocenters. The normalized spacial score (nSPS) is 10.5. The van der Waals surface area contributed by atoms with Crippen LogP contribution in [0.4, 0.5) is 10.3 Å². The third-order valence-corrected chi connectivity index (χ3v) is 3.39. The van der Waals surface area contributed by atoms with E-state index in [-0.39, 0.29) is 11.7 Å². The van der Waals surface area contributed by atoms with Crippen molar-refractivity contribution in [3.8, 4) is 11.3 Å². The number of hydrogen-bond donors (Lipinski definition) is 1. The number of anilines is 1. The van der Waals surface area contributed by atoms with E-state index < -0.39 is 0 Å². The fraction of sp³-hybridized carbons (Fsp3) is 0.0588. The minimum Gasteiger partial charge on any atom is -0.313 e. The zero-order valence-corrected chi connectivity index (χ0v) is 12.0. The van der Waals surface area contributed by atoms with Crippen LogP contribution in [-0.4, -0.2) is 15.5 Å². The Balaban J connectivity index is 1.85. The summed E-state index contributed by atoms with van der Waals surface area (Å²) in [5.41, 5.74) is 2.19. The molecule has 4 nitrogen and oxygen atoms in total. The van der Waals surface area contributed by atoms with Crippen LogP contribution in [0.15, 0.2) is 60.8 Å². The Hall–Kier alpha value is -2.95. The highest BCUT2D eigenvalue weighted by molar-refractivity contribution is 6.03. The Morgan fingerprint density at radius 1 is 1.09 bits per heavy atom. The first-order valence-electron chi connectivity index (χ1n) is 6.79. The standard InChI is InChI=1S/C17H14FN3O/c1-21-15(12-7-9-14(18)10-8-12)11-19-17(21)20-16(22)13-5-3-2-4-6-13/h2-11H,1H3,(H,19,20,22). The molecule has 0 spiro atoms. The molecule has 0 aliphatic rings. The molecule has 3 rings (SSSR count). The third-order valence-electron chi connectivity index (χ3n) is 3.39. The molecule has 0 fully saturated rings. The molecular formula is C17H14FN3O. The highest BCUT2D eigenvalue weighted by Gasteiger charge is 2.12. The largest absolute Gasteiger partial charge is 0.313 e. The first kappa shape index (κ1) is 14.0. The van der Waals surface area contributed by atoms with Gasteiger partial charge >= 0.3 is 0 Å². The summed E-state index contributed by atoms with van der Waals surface area (Å²) < 4.78 is 14.7. The average molecular weight is 295 g/mol. The SMILES string of the molecule is Cn1c(-c2ccc(F)cc2)cnc1NC(=O)c1ccccc1. The van der Waals surface area contributed by atoms with Crippen molar-refractivity contribution in [1.82, 2.24) is 9.55 Å². The maximum atomic E-state index is 13.0. The van der Waals surface area contributed by atoms with E-state index in [1.165, 1.54) is 12.1 Å². The summed E-state index contributed by atoms with van der Waals surface area (Å²) in [7, 11) is 1.80. The molecule has 0 radical (unpaired) electrons. The van der Waals surface area contributed by atoms with Crippen molar-refractivity contribution in [1.29, 1.82) is 0 Å². The maximum Gasteiger partial charge on any atom is 0.257 e. The number of imidazole rings is 1. The van der Waals surface area contributed by atoms with Crippen LogP contribution in [0.3, 0.4) is 0 Å². The average Bonchev–Trinajstić information content (AvgIpc) is 2.90. The van der Waals surface area contributed by atoms with Crippen molar-refractivity contribution in [2.24, 2.45) is 7.05 Å². The molecular weight excluding hydrogens is 281 g/mol. The first-order chi connectivity index (χ1) is 10.6. The second kappa shape index (κ2) is 5.81. The molecule has 5 heteroatoms. The van der Waals surface area contributed by atoms with Gasteiger partial charge < -0.3 is 4.57 Å². The molecule has 0 bridgehead atoms. The summed E-state index contributed by atoms with van der Waals surface area (Å²) in [6.45, 7) is 0. The van der Waals surface area contributed by atoms with Crippen LogP contribution in [0.1, 0.15) is 10.4 Å². The second-order valence-electron chi connectivity index (χ2n) is 4.85. The highest BCUT2D eigenvalue weighted by Crippen LogP contribution is 2.22. The predicted molar refractivity (Wildman–Crippen MR) is 83.0 cm³/mol. The van der Waals surface area contributed by atoms with Crippen LogP contribution in [0.5, 0.6) is 0 Å². The minimum atomic E-state index is -0.288. The van der Waals surface area contributed by atoms with Crippen molar-refractivity contribution >= 4 is 11.9 Å². The van der Waals surface area contributed by atoms with E-state index in [2.05, 4.69) is 10.3 Å². The van der Waals surface area contributed by atoms with E-state index >= 15 is 0 Å². The van der Waals surface area contributed by atoms with Gasteiger partial charge in [-0.3, -0.25) is 10.1 Å². The van der Waals surface area contributed by atoms with Crippen LogP contribution < -0.4 is 5.32 Å². The highest BCUT2D eigenvalue weighted by atomic mass is 19.1. The molecule has 0 aliphatic carbocycles. The van der Waals surface area contributed by atoms with Gasteiger partial charge in [0, 0.05) is 18.2 Å². The van der Waals surface area contributed by atoms with Gasteiger partial charge in [-0.25, -0.2) is 9.37 Å².